The molecule has 286 valence electrons. The fourth-order valence-electron chi connectivity index (χ4n) is 9.18. The van der Waals surface area contributed by atoms with Crippen molar-refractivity contribution in [2.75, 3.05) is 11.9 Å². The van der Waals surface area contributed by atoms with Crippen LogP contribution in [0.3, 0.4) is 0 Å². The number of rotatable bonds is 6. The Morgan fingerprint density at radius 1 is 0.344 bits per heavy atom. The largest absolute Gasteiger partial charge is 0.377 e. The molecule has 0 saturated carbocycles. The fourth-order valence-corrected chi connectivity index (χ4v) is 10.4. The summed E-state index contributed by atoms with van der Waals surface area (Å²) in [4.78, 5) is 5.37. The van der Waals surface area contributed by atoms with Crippen molar-refractivity contribution in [2.45, 2.75) is 0 Å². The van der Waals surface area contributed by atoms with Gasteiger partial charge in [-0.2, -0.15) is 0 Å². The Kier molecular flexibility index (Phi) is 8.46. The second-order valence-electron chi connectivity index (χ2n) is 15.9. The lowest BCUT2D eigenvalue weighted by Crippen LogP contribution is -2.19. The second kappa shape index (κ2) is 14.6. The predicted molar refractivity (Wildman–Crippen MR) is 263 cm³/mol. The summed E-state index contributed by atoms with van der Waals surface area (Å²) in [6, 6.07) is 77.3. The molecule has 0 amide bonds. The van der Waals surface area contributed by atoms with Gasteiger partial charge >= 0.3 is 0 Å². The lowest BCUT2D eigenvalue weighted by molar-refractivity contribution is 1.32. The topological polar surface area (TPSA) is 24.4 Å². The van der Waals surface area contributed by atoms with Gasteiger partial charge < -0.3 is 5.32 Å². The molecule has 0 saturated heterocycles. The van der Waals surface area contributed by atoms with E-state index in [0.29, 0.717) is 6.54 Å². The van der Waals surface area contributed by atoms with E-state index in [-0.39, 0.29) is 0 Å². The highest BCUT2D eigenvalue weighted by molar-refractivity contribution is 7.26. The molecule has 12 rings (SSSR count). The van der Waals surface area contributed by atoms with Gasteiger partial charge in [-0.25, -0.2) is 4.99 Å². The molecule has 0 spiro atoms. The first kappa shape index (κ1) is 35.4. The Labute approximate surface area is 358 Å². The van der Waals surface area contributed by atoms with Gasteiger partial charge in [0.2, 0.25) is 0 Å². The summed E-state index contributed by atoms with van der Waals surface area (Å²) in [6.45, 7) is 0.668. The van der Waals surface area contributed by atoms with E-state index in [1.54, 1.807) is 0 Å². The summed E-state index contributed by atoms with van der Waals surface area (Å²) in [6.07, 6.45) is 0. The average Bonchev–Trinajstić information content (AvgIpc) is 3.72. The average molecular weight is 795 g/mol. The Hall–Kier alpha value is -7.59. The molecule has 10 aromatic carbocycles. The molecular weight excluding hydrogens is 757 g/mol. The van der Waals surface area contributed by atoms with Gasteiger partial charge in [-0.3, -0.25) is 0 Å². The predicted octanol–water partition coefficient (Wildman–Crippen LogP) is 16.2. The highest BCUT2D eigenvalue weighted by atomic mass is 32.1. The van der Waals surface area contributed by atoms with E-state index in [1.807, 2.05) is 11.3 Å². The SMILES string of the molecule is c1ccc(-c2ccc(-c3ccc4sc5c(-c6ccc(C7=Nc8c(c9ccccc9c9ccccc89)NC7)cc6)cc(-c6ccc(-c7ccccc7)cc6)cc5c4c3)cc2)cc1. The number of fused-ring (bicyclic) bond motifs is 9. The number of hydrogen-bond acceptors (Lipinski definition) is 3. The van der Waals surface area contributed by atoms with E-state index in [9.17, 15) is 0 Å². The minimum Gasteiger partial charge on any atom is -0.377 e. The van der Waals surface area contributed by atoms with Gasteiger partial charge in [-0.1, -0.05) is 188 Å². The van der Waals surface area contributed by atoms with Crippen LogP contribution < -0.4 is 5.32 Å². The highest BCUT2D eigenvalue weighted by Gasteiger charge is 2.20. The van der Waals surface area contributed by atoms with Crippen LogP contribution in [0.5, 0.6) is 0 Å². The molecule has 0 radical (unpaired) electrons. The van der Waals surface area contributed by atoms with Gasteiger partial charge in [0.1, 0.15) is 0 Å². The van der Waals surface area contributed by atoms with Crippen LogP contribution >= 0.6 is 11.3 Å². The summed E-state index contributed by atoms with van der Waals surface area (Å²) >= 11 is 1.88. The van der Waals surface area contributed by atoms with Gasteiger partial charge in [0.05, 0.1) is 23.6 Å². The highest BCUT2D eigenvalue weighted by Crippen LogP contribution is 2.46. The van der Waals surface area contributed by atoms with Crippen molar-refractivity contribution >= 4 is 70.1 Å². The van der Waals surface area contributed by atoms with Crippen molar-refractivity contribution in [3.8, 4) is 55.6 Å². The molecule has 0 aliphatic carbocycles. The Bertz CT molecular complexity index is 3470. The van der Waals surface area contributed by atoms with Gasteiger partial charge in [0.25, 0.3) is 0 Å². The number of thiophene rings is 1. The molecule has 2 nitrogen and oxygen atoms in total. The number of benzene rings is 10. The lowest BCUT2D eigenvalue weighted by atomic mass is 9.93. The minimum absolute atomic E-state index is 0.668. The van der Waals surface area contributed by atoms with Crippen LogP contribution in [-0.2, 0) is 0 Å². The maximum absolute atomic E-state index is 5.37. The number of hydrogen-bond donors (Lipinski definition) is 1. The summed E-state index contributed by atoms with van der Waals surface area (Å²) in [7, 11) is 0. The molecule has 0 unspecified atom stereocenters. The van der Waals surface area contributed by atoms with Crippen LogP contribution in [0.15, 0.2) is 217 Å². The van der Waals surface area contributed by atoms with Crippen molar-refractivity contribution < 1.29 is 0 Å². The summed E-state index contributed by atoms with van der Waals surface area (Å²) in [5.74, 6) is 0. The quantitative estimate of drug-likeness (QED) is 0.167. The van der Waals surface area contributed by atoms with Crippen LogP contribution in [0, 0.1) is 0 Å². The third-order valence-electron chi connectivity index (χ3n) is 12.3. The van der Waals surface area contributed by atoms with Crippen molar-refractivity contribution in [1.82, 2.24) is 0 Å². The van der Waals surface area contributed by atoms with Gasteiger partial charge in [-0.15, -0.1) is 11.3 Å². The Balaban J connectivity index is 0.965. The van der Waals surface area contributed by atoms with Gasteiger partial charge in [0, 0.05) is 36.5 Å². The standard InChI is InChI=1S/C58H38N2S/c1-3-11-37(12-4-1)39-19-23-41(24-20-39)45-31-32-55-52(33-45)53-35-46(42-25-21-40(22-26-42)38-13-5-2-6-14-38)34-51(58(53)61-55)43-27-29-44(30-28-43)54-36-59-56-49-17-9-7-15-47(49)48-16-8-10-18-50(48)57(56)60-54/h1-35,59H,36H2. The van der Waals surface area contributed by atoms with E-state index < -0.39 is 0 Å². The normalized spacial score (nSPS) is 12.4. The molecule has 3 heteroatoms. The number of nitrogens with zero attached hydrogens (tertiary/aromatic N) is 1. The molecule has 1 aliphatic rings. The van der Waals surface area contributed by atoms with Gasteiger partial charge in [0.15, 0.2) is 0 Å². The zero-order chi connectivity index (χ0) is 40.3. The number of aliphatic imine (C=N–C) groups is 1. The Morgan fingerprint density at radius 3 is 1.44 bits per heavy atom. The number of nitrogens with one attached hydrogen (secondary N) is 1. The van der Waals surface area contributed by atoms with Crippen LogP contribution in [0.2, 0.25) is 0 Å². The van der Waals surface area contributed by atoms with Crippen LogP contribution in [0.25, 0.3) is 97.4 Å². The molecule has 1 aromatic heterocycles. The first-order chi connectivity index (χ1) is 30.2. The molecule has 0 bridgehead atoms. The first-order valence-corrected chi connectivity index (χ1v) is 21.7. The minimum atomic E-state index is 0.668. The molecule has 11 aromatic rings. The van der Waals surface area contributed by atoms with Crippen LogP contribution in [0.4, 0.5) is 11.4 Å². The van der Waals surface area contributed by atoms with E-state index in [1.165, 1.54) is 97.4 Å². The summed E-state index contributed by atoms with van der Waals surface area (Å²) in [5, 5.41) is 11.2. The summed E-state index contributed by atoms with van der Waals surface area (Å²) in [5.41, 5.74) is 16.5. The Morgan fingerprint density at radius 2 is 0.803 bits per heavy atom. The zero-order valence-corrected chi connectivity index (χ0v) is 34.1. The van der Waals surface area contributed by atoms with Crippen molar-refractivity contribution in [3.63, 3.8) is 0 Å². The third kappa shape index (κ3) is 6.21. The fraction of sp³-hybridized carbons (Fsp3) is 0.0172. The van der Waals surface area contributed by atoms with Gasteiger partial charge in [-0.05, 0) is 90.7 Å². The monoisotopic (exact) mass is 794 g/mol. The molecule has 1 aliphatic heterocycles. The smallest absolute Gasteiger partial charge is 0.0950 e. The lowest BCUT2D eigenvalue weighted by Gasteiger charge is -2.22. The van der Waals surface area contributed by atoms with E-state index in [4.69, 9.17) is 4.99 Å². The zero-order valence-electron chi connectivity index (χ0n) is 33.3. The van der Waals surface area contributed by atoms with Crippen molar-refractivity contribution in [2.24, 2.45) is 4.99 Å². The molecule has 0 fully saturated rings. The molecule has 61 heavy (non-hydrogen) atoms. The van der Waals surface area contributed by atoms with E-state index >= 15 is 0 Å². The molecule has 2 heterocycles. The van der Waals surface area contributed by atoms with Crippen molar-refractivity contribution in [3.05, 3.63) is 218 Å². The summed E-state index contributed by atoms with van der Waals surface area (Å²) < 4.78 is 2.59. The number of anilines is 1. The molecule has 0 atom stereocenters. The van der Waals surface area contributed by atoms with E-state index in [0.717, 1.165) is 22.6 Å². The van der Waals surface area contributed by atoms with Crippen LogP contribution in [-0.4, -0.2) is 12.3 Å². The first-order valence-electron chi connectivity index (χ1n) is 20.9. The maximum Gasteiger partial charge on any atom is 0.0950 e. The van der Waals surface area contributed by atoms with Crippen molar-refractivity contribution in [1.29, 1.82) is 0 Å². The molecular formula is C58H38N2S. The third-order valence-corrected chi connectivity index (χ3v) is 13.6. The van der Waals surface area contributed by atoms with E-state index in [2.05, 4.69) is 218 Å². The second-order valence-corrected chi connectivity index (χ2v) is 17.0. The maximum atomic E-state index is 5.37. The molecule has 1 N–H and O–H groups in total. The van der Waals surface area contributed by atoms with Crippen LogP contribution in [0.1, 0.15) is 5.56 Å².